The molecule has 0 saturated carbocycles. The Balaban J connectivity index is 2.38. The fourth-order valence-electron chi connectivity index (χ4n) is 1.15. The van der Waals surface area contributed by atoms with E-state index in [0.29, 0.717) is 6.61 Å². The highest BCUT2D eigenvalue weighted by Crippen LogP contribution is 2.01. The first-order chi connectivity index (χ1) is 6.86. The molecular formula is C12H17NO. The molecule has 0 aliphatic carbocycles. The second-order valence-electron chi connectivity index (χ2n) is 3.12. The lowest BCUT2D eigenvalue weighted by atomic mass is 10.2. The zero-order valence-corrected chi connectivity index (χ0v) is 8.86. The van der Waals surface area contributed by atoms with Gasteiger partial charge < -0.3 is 4.84 Å². The van der Waals surface area contributed by atoms with Crippen molar-refractivity contribution in [1.82, 2.24) is 0 Å². The molecular weight excluding hydrogens is 174 g/mol. The summed E-state index contributed by atoms with van der Waals surface area (Å²) in [7, 11) is 0. The van der Waals surface area contributed by atoms with Gasteiger partial charge in [0.25, 0.3) is 0 Å². The van der Waals surface area contributed by atoms with Crippen LogP contribution in [-0.4, -0.2) is 5.71 Å². The second-order valence-corrected chi connectivity index (χ2v) is 3.12. The largest absolute Gasteiger partial charge is 0.391 e. The van der Waals surface area contributed by atoms with Gasteiger partial charge in [0.2, 0.25) is 0 Å². The maximum Gasteiger partial charge on any atom is 0.142 e. The van der Waals surface area contributed by atoms with E-state index in [1.807, 2.05) is 30.3 Å². The number of hydrogen-bond acceptors (Lipinski definition) is 2. The minimum Gasteiger partial charge on any atom is -0.391 e. The van der Waals surface area contributed by atoms with Gasteiger partial charge in [-0.3, -0.25) is 0 Å². The summed E-state index contributed by atoms with van der Waals surface area (Å²) >= 11 is 0. The second kappa shape index (κ2) is 6.19. The van der Waals surface area contributed by atoms with Crippen molar-refractivity contribution < 1.29 is 4.84 Å². The highest BCUT2D eigenvalue weighted by molar-refractivity contribution is 5.83. The van der Waals surface area contributed by atoms with Gasteiger partial charge in [-0.1, -0.05) is 49.3 Å². The summed E-state index contributed by atoms with van der Waals surface area (Å²) in [6.07, 6.45) is 1.93. The van der Waals surface area contributed by atoms with Gasteiger partial charge in [0.15, 0.2) is 0 Å². The van der Waals surface area contributed by atoms with E-state index in [0.717, 1.165) is 24.1 Å². The van der Waals surface area contributed by atoms with E-state index in [1.54, 1.807) is 0 Å². The van der Waals surface area contributed by atoms with Gasteiger partial charge in [0, 0.05) is 0 Å². The van der Waals surface area contributed by atoms with Crippen LogP contribution in [0.3, 0.4) is 0 Å². The first-order valence-electron chi connectivity index (χ1n) is 5.08. The van der Waals surface area contributed by atoms with Gasteiger partial charge in [0.05, 0.1) is 5.71 Å². The lowest BCUT2D eigenvalue weighted by molar-refractivity contribution is 0.129. The summed E-state index contributed by atoms with van der Waals surface area (Å²) in [6, 6.07) is 10.1. The van der Waals surface area contributed by atoms with Crippen LogP contribution in [0, 0.1) is 0 Å². The zero-order valence-electron chi connectivity index (χ0n) is 8.86. The fourth-order valence-corrected chi connectivity index (χ4v) is 1.15. The Hall–Kier alpha value is -1.31. The minimum absolute atomic E-state index is 0.560. The maximum atomic E-state index is 5.25. The van der Waals surface area contributed by atoms with Crippen molar-refractivity contribution in [2.24, 2.45) is 5.16 Å². The van der Waals surface area contributed by atoms with Crippen LogP contribution in [0.15, 0.2) is 35.5 Å². The molecule has 0 aromatic heterocycles. The molecule has 0 aliphatic heterocycles. The molecule has 0 radical (unpaired) electrons. The fraction of sp³-hybridized carbons (Fsp3) is 0.417. The van der Waals surface area contributed by atoms with Crippen LogP contribution in [0.5, 0.6) is 0 Å². The molecule has 1 aromatic carbocycles. The Kier molecular flexibility index (Phi) is 4.76. The Morgan fingerprint density at radius 1 is 1.14 bits per heavy atom. The molecule has 0 amide bonds. The van der Waals surface area contributed by atoms with Gasteiger partial charge >= 0.3 is 0 Å². The molecule has 0 fully saturated rings. The van der Waals surface area contributed by atoms with Crippen LogP contribution >= 0.6 is 0 Å². The molecule has 76 valence electrons. The smallest absolute Gasteiger partial charge is 0.142 e. The van der Waals surface area contributed by atoms with Crippen LogP contribution in [0.1, 0.15) is 32.3 Å². The van der Waals surface area contributed by atoms with Gasteiger partial charge in [-0.2, -0.15) is 0 Å². The molecule has 0 unspecified atom stereocenters. The number of rotatable bonds is 5. The Morgan fingerprint density at radius 2 is 1.79 bits per heavy atom. The molecule has 0 saturated heterocycles. The lowest BCUT2D eigenvalue weighted by Gasteiger charge is -2.01. The van der Waals surface area contributed by atoms with Crippen molar-refractivity contribution >= 4 is 5.71 Å². The van der Waals surface area contributed by atoms with Crippen LogP contribution in [0.2, 0.25) is 0 Å². The van der Waals surface area contributed by atoms with Gasteiger partial charge in [-0.25, -0.2) is 0 Å². The molecule has 0 spiro atoms. The van der Waals surface area contributed by atoms with Crippen molar-refractivity contribution in [3.8, 4) is 0 Å². The Labute approximate surface area is 85.6 Å². The van der Waals surface area contributed by atoms with Crippen LogP contribution < -0.4 is 0 Å². The molecule has 2 nitrogen and oxygen atoms in total. The van der Waals surface area contributed by atoms with E-state index < -0.39 is 0 Å². The lowest BCUT2D eigenvalue weighted by Crippen LogP contribution is -1.95. The maximum absolute atomic E-state index is 5.25. The summed E-state index contributed by atoms with van der Waals surface area (Å²) in [5.74, 6) is 0. The SMILES string of the molecule is CCC(CC)=NOCc1ccccc1. The van der Waals surface area contributed by atoms with E-state index in [1.165, 1.54) is 0 Å². The van der Waals surface area contributed by atoms with Crippen molar-refractivity contribution in [3.63, 3.8) is 0 Å². The van der Waals surface area contributed by atoms with Crippen LogP contribution in [0.25, 0.3) is 0 Å². The topological polar surface area (TPSA) is 21.6 Å². The Morgan fingerprint density at radius 3 is 2.36 bits per heavy atom. The number of nitrogens with zero attached hydrogens (tertiary/aromatic N) is 1. The summed E-state index contributed by atoms with van der Waals surface area (Å²) in [5.41, 5.74) is 2.27. The minimum atomic E-state index is 0.560. The van der Waals surface area contributed by atoms with Crippen molar-refractivity contribution in [2.45, 2.75) is 33.3 Å². The van der Waals surface area contributed by atoms with Crippen molar-refractivity contribution in [3.05, 3.63) is 35.9 Å². The third-order valence-electron chi connectivity index (χ3n) is 2.08. The molecule has 2 heteroatoms. The summed E-state index contributed by atoms with van der Waals surface area (Å²) in [4.78, 5) is 5.25. The number of oxime groups is 1. The Bertz CT molecular complexity index is 274. The van der Waals surface area contributed by atoms with Crippen molar-refractivity contribution in [1.29, 1.82) is 0 Å². The molecule has 1 aromatic rings. The summed E-state index contributed by atoms with van der Waals surface area (Å²) in [5, 5.41) is 4.07. The summed E-state index contributed by atoms with van der Waals surface area (Å²) in [6.45, 7) is 4.74. The number of hydrogen-bond donors (Lipinski definition) is 0. The molecule has 0 heterocycles. The highest BCUT2D eigenvalue weighted by atomic mass is 16.6. The third kappa shape index (κ3) is 3.60. The zero-order chi connectivity index (χ0) is 10.2. The quantitative estimate of drug-likeness (QED) is 0.516. The van der Waals surface area contributed by atoms with E-state index in [2.05, 4.69) is 19.0 Å². The predicted octanol–water partition coefficient (Wildman–Crippen LogP) is 3.38. The average Bonchev–Trinajstić information content (AvgIpc) is 2.26. The molecule has 14 heavy (non-hydrogen) atoms. The van der Waals surface area contributed by atoms with Crippen molar-refractivity contribution in [2.75, 3.05) is 0 Å². The predicted molar refractivity (Wildman–Crippen MR) is 59.2 cm³/mol. The first kappa shape index (κ1) is 10.8. The summed E-state index contributed by atoms with van der Waals surface area (Å²) < 4.78 is 0. The van der Waals surface area contributed by atoms with E-state index in [9.17, 15) is 0 Å². The van der Waals surface area contributed by atoms with Gasteiger partial charge in [0.1, 0.15) is 6.61 Å². The molecule has 0 aliphatic rings. The average molecular weight is 191 g/mol. The van der Waals surface area contributed by atoms with Gasteiger partial charge in [-0.15, -0.1) is 0 Å². The van der Waals surface area contributed by atoms with E-state index in [-0.39, 0.29) is 0 Å². The molecule has 0 bridgehead atoms. The third-order valence-corrected chi connectivity index (χ3v) is 2.08. The van der Waals surface area contributed by atoms with Crippen LogP contribution in [-0.2, 0) is 11.4 Å². The highest BCUT2D eigenvalue weighted by Gasteiger charge is 1.93. The van der Waals surface area contributed by atoms with Crippen LogP contribution in [0.4, 0.5) is 0 Å². The molecule has 0 atom stereocenters. The van der Waals surface area contributed by atoms with E-state index >= 15 is 0 Å². The van der Waals surface area contributed by atoms with Gasteiger partial charge in [-0.05, 0) is 18.4 Å². The monoisotopic (exact) mass is 191 g/mol. The number of benzene rings is 1. The van der Waals surface area contributed by atoms with E-state index in [4.69, 9.17) is 4.84 Å². The molecule has 1 rings (SSSR count). The normalized spacial score (nSPS) is 9.57. The standard InChI is InChI=1S/C12H17NO/c1-3-12(4-2)13-14-10-11-8-6-5-7-9-11/h5-9H,3-4,10H2,1-2H3. The molecule has 0 N–H and O–H groups in total. The first-order valence-corrected chi connectivity index (χ1v) is 5.08.